The zero-order chi connectivity index (χ0) is 20.6. The lowest BCUT2D eigenvalue weighted by atomic mass is 10.1. The standard InChI is InChI=1S/C22H19N3O4/c1-16-4-2-3-5-21(16)22(26)24-23-14-17-8-12-20(13-9-17)29-15-18-6-10-19(11-7-18)25(27)28/h2-14H,15H2,1H3,(H,24,26)/b23-14+. The Morgan fingerprint density at radius 2 is 1.76 bits per heavy atom. The first-order valence-corrected chi connectivity index (χ1v) is 8.88. The highest BCUT2D eigenvalue weighted by Crippen LogP contribution is 2.16. The summed E-state index contributed by atoms with van der Waals surface area (Å²) in [5.41, 5.74) is 5.67. The van der Waals surface area contributed by atoms with Crippen LogP contribution in [0.3, 0.4) is 0 Å². The van der Waals surface area contributed by atoms with Crippen LogP contribution < -0.4 is 10.2 Å². The highest BCUT2D eigenvalue weighted by Gasteiger charge is 2.06. The van der Waals surface area contributed by atoms with Gasteiger partial charge in [0.15, 0.2) is 0 Å². The fourth-order valence-electron chi connectivity index (χ4n) is 2.58. The van der Waals surface area contributed by atoms with Gasteiger partial charge in [-0.25, -0.2) is 5.43 Å². The minimum Gasteiger partial charge on any atom is -0.489 e. The number of hydrazone groups is 1. The van der Waals surface area contributed by atoms with Crippen molar-refractivity contribution in [2.45, 2.75) is 13.5 Å². The van der Waals surface area contributed by atoms with E-state index in [0.29, 0.717) is 17.9 Å². The third-order valence-corrected chi connectivity index (χ3v) is 4.20. The number of rotatable bonds is 7. The fraction of sp³-hybridized carbons (Fsp3) is 0.0909. The number of amides is 1. The molecule has 0 unspecified atom stereocenters. The number of carbonyl (C=O) groups excluding carboxylic acids is 1. The van der Waals surface area contributed by atoms with Gasteiger partial charge in [-0.15, -0.1) is 0 Å². The monoisotopic (exact) mass is 389 g/mol. The van der Waals surface area contributed by atoms with Gasteiger partial charge in [0.05, 0.1) is 11.1 Å². The van der Waals surface area contributed by atoms with Crippen LogP contribution in [0.4, 0.5) is 5.69 Å². The lowest BCUT2D eigenvalue weighted by molar-refractivity contribution is -0.384. The maximum atomic E-state index is 12.1. The molecule has 0 aliphatic heterocycles. The Kier molecular flexibility index (Phi) is 6.32. The number of ether oxygens (including phenoxy) is 1. The van der Waals surface area contributed by atoms with Crippen LogP contribution in [0, 0.1) is 17.0 Å². The zero-order valence-corrected chi connectivity index (χ0v) is 15.7. The van der Waals surface area contributed by atoms with E-state index in [4.69, 9.17) is 4.74 Å². The smallest absolute Gasteiger partial charge is 0.271 e. The van der Waals surface area contributed by atoms with Gasteiger partial charge >= 0.3 is 0 Å². The lowest BCUT2D eigenvalue weighted by Gasteiger charge is -2.06. The van der Waals surface area contributed by atoms with Crippen molar-refractivity contribution in [2.75, 3.05) is 0 Å². The van der Waals surface area contributed by atoms with E-state index in [0.717, 1.165) is 16.7 Å². The number of nitrogens with zero attached hydrogens (tertiary/aromatic N) is 2. The van der Waals surface area contributed by atoms with Crippen LogP contribution in [0.25, 0.3) is 0 Å². The molecule has 0 spiro atoms. The fourth-order valence-corrected chi connectivity index (χ4v) is 2.58. The predicted molar refractivity (Wildman–Crippen MR) is 110 cm³/mol. The number of nitro benzene ring substituents is 1. The largest absolute Gasteiger partial charge is 0.489 e. The van der Waals surface area contributed by atoms with Gasteiger partial charge < -0.3 is 4.74 Å². The highest BCUT2D eigenvalue weighted by atomic mass is 16.6. The highest BCUT2D eigenvalue weighted by molar-refractivity contribution is 5.96. The van der Waals surface area contributed by atoms with Crippen LogP contribution in [0.5, 0.6) is 5.75 Å². The first-order valence-electron chi connectivity index (χ1n) is 8.88. The summed E-state index contributed by atoms with van der Waals surface area (Å²) in [4.78, 5) is 22.3. The van der Waals surface area contributed by atoms with Crippen LogP contribution in [-0.4, -0.2) is 17.0 Å². The normalized spacial score (nSPS) is 10.7. The van der Waals surface area contributed by atoms with Crippen molar-refractivity contribution in [3.05, 3.63) is 105 Å². The summed E-state index contributed by atoms with van der Waals surface area (Å²) >= 11 is 0. The van der Waals surface area contributed by atoms with Gasteiger partial charge in [-0.2, -0.15) is 5.10 Å². The van der Waals surface area contributed by atoms with Crippen LogP contribution in [0.2, 0.25) is 0 Å². The summed E-state index contributed by atoms with van der Waals surface area (Å²) in [5.74, 6) is 0.395. The molecule has 0 aliphatic rings. The minimum atomic E-state index is -0.436. The first kappa shape index (κ1) is 19.8. The van der Waals surface area contributed by atoms with E-state index in [1.165, 1.54) is 12.1 Å². The predicted octanol–water partition coefficient (Wildman–Crippen LogP) is 4.25. The molecule has 1 N–H and O–H groups in total. The molecule has 7 nitrogen and oxygen atoms in total. The number of carbonyl (C=O) groups is 1. The van der Waals surface area contributed by atoms with E-state index in [2.05, 4.69) is 10.5 Å². The number of non-ortho nitro benzene ring substituents is 1. The van der Waals surface area contributed by atoms with E-state index in [9.17, 15) is 14.9 Å². The van der Waals surface area contributed by atoms with Gasteiger partial charge in [0, 0.05) is 17.7 Å². The second-order valence-electron chi connectivity index (χ2n) is 6.30. The lowest BCUT2D eigenvalue weighted by Crippen LogP contribution is -2.18. The van der Waals surface area contributed by atoms with Gasteiger partial charge in [0.2, 0.25) is 0 Å². The number of hydrogen-bond acceptors (Lipinski definition) is 5. The van der Waals surface area contributed by atoms with Crippen molar-refractivity contribution < 1.29 is 14.5 Å². The van der Waals surface area contributed by atoms with Crippen LogP contribution >= 0.6 is 0 Å². The molecule has 0 aromatic heterocycles. The van der Waals surface area contributed by atoms with Crippen LogP contribution in [0.1, 0.15) is 27.0 Å². The van der Waals surface area contributed by atoms with Gasteiger partial charge in [-0.05, 0) is 66.1 Å². The summed E-state index contributed by atoms with van der Waals surface area (Å²) in [7, 11) is 0. The molecule has 0 radical (unpaired) electrons. The van der Waals surface area contributed by atoms with E-state index in [1.807, 2.05) is 31.2 Å². The molecule has 0 bridgehead atoms. The molecule has 146 valence electrons. The molecule has 0 fully saturated rings. The maximum Gasteiger partial charge on any atom is 0.271 e. The summed E-state index contributed by atoms with van der Waals surface area (Å²) < 4.78 is 5.68. The average molecular weight is 389 g/mol. The summed E-state index contributed by atoms with van der Waals surface area (Å²) in [6.07, 6.45) is 1.55. The van der Waals surface area contributed by atoms with Crippen molar-refractivity contribution in [3.63, 3.8) is 0 Å². The number of nitrogens with one attached hydrogen (secondary N) is 1. The van der Waals surface area contributed by atoms with Crippen molar-refractivity contribution in [1.29, 1.82) is 0 Å². The molecule has 1 amide bonds. The van der Waals surface area contributed by atoms with Crippen LogP contribution in [0.15, 0.2) is 77.9 Å². The summed E-state index contributed by atoms with van der Waals surface area (Å²) in [6.45, 7) is 2.17. The molecular weight excluding hydrogens is 370 g/mol. The van der Waals surface area contributed by atoms with Gasteiger partial charge in [0.25, 0.3) is 11.6 Å². The Balaban J connectivity index is 1.52. The minimum absolute atomic E-state index is 0.0481. The number of benzene rings is 3. The van der Waals surface area contributed by atoms with E-state index in [-0.39, 0.29) is 11.6 Å². The third-order valence-electron chi connectivity index (χ3n) is 4.20. The molecule has 0 saturated heterocycles. The first-order chi connectivity index (χ1) is 14.0. The number of nitro groups is 1. The Labute approximate surface area is 167 Å². The number of aryl methyl sites for hydroxylation is 1. The second kappa shape index (κ2) is 9.27. The Bertz CT molecular complexity index is 1030. The summed E-state index contributed by atoms with van der Waals surface area (Å²) in [6, 6.07) is 20.7. The molecule has 0 heterocycles. The molecule has 0 atom stereocenters. The molecule has 29 heavy (non-hydrogen) atoms. The Morgan fingerprint density at radius 3 is 2.41 bits per heavy atom. The summed E-state index contributed by atoms with van der Waals surface area (Å²) in [5, 5.41) is 14.6. The quantitative estimate of drug-likeness (QED) is 0.371. The number of hydrogen-bond donors (Lipinski definition) is 1. The van der Waals surface area contributed by atoms with Crippen molar-refractivity contribution in [3.8, 4) is 5.75 Å². The third kappa shape index (κ3) is 5.49. The Hall–Kier alpha value is -4.00. The van der Waals surface area contributed by atoms with Gasteiger partial charge in [-0.3, -0.25) is 14.9 Å². The molecule has 7 heteroatoms. The topological polar surface area (TPSA) is 93.8 Å². The Morgan fingerprint density at radius 1 is 1.07 bits per heavy atom. The van der Waals surface area contributed by atoms with Crippen molar-refractivity contribution in [2.24, 2.45) is 5.10 Å². The van der Waals surface area contributed by atoms with Crippen molar-refractivity contribution in [1.82, 2.24) is 5.43 Å². The second-order valence-corrected chi connectivity index (χ2v) is 6.30. The molecule has 0 aliphatic carbocycles. The molecule has 0 saturated carbocycles. The van der Waals surface area contributed by atoms with Gasteiger partial charge in [0.1, 0.15) is 12.4 Å². The SMILES string of the molecule is Cc1ccccc1C(=O)N/N=C/c1ccc(OCc2ccc([N+](=O)[O-])cc2)cc1. The van der Waals surface area contributed by atoms with Crippen LogP contribution in [-0.2, 0) is 6.61 Å². The molecule has 3 aromatic carbocycles. The zero-order valence-electron chi connectivity index (χ0n) is 15.7. The van der Waals surface area contributed by atoms with E-state index < -0.39 is 4.92 Å². The molecule has 3 rings (SSSR count). The average Bonchev–Trinajstić information content (AvgIpc) is 2.73. The van der Waals surface area contributed by atoms with E-state index >= 15 is 0 Å². The molecule has 3 aromatic rings. The maximum absolute atomic E-state index is 12.1. The van der Waals surface area contributed by atoms with E-state index in [1.54, 1.807) is 42.6 Å². The van der Waals surface area contributed by atoms with Gasteiger partial charge in [-0.1, -0.05) is 18.2 Å². The molecular formula is C22H19N3O4. The van der Waals surface area contributed by atoms with Crippen molar-refractivity contribution >= 4 is 17.8 Å².